The average Bonchev–Trinajstić information content (AvgIpc) is 2.84. The highest BCUT2D eigenvalue weighted by molar-refractivity contribution is 6.22. The lowest BCUT2D eigenvalue weighted by molar-refractivity contribution is -0.171. The lowest BCUT2D eigenvalue weighted by Crippen LogP contribution is -2.56. The maximum Gasteiger partial charge on any atom is 0.173 e. The molecule has 2 aliphatic heterocycles. The molecule has 4 atom stereocenters. The molecule has 2 fully saturated rings. The summed E-state index contributed by atoms with van der Waals surface area (Å²) in [6, 6.07) is 15.8. The van der Waals surface area contributed by atoms with Crippen molar-refractivity contribution in [3.63, 3.8) is 0 Å². The Hall–Kier alpha value is -2.83. The van der Waals surface area contributed by atoms with E-state index in [0.717, 1.165) is 48.6 Å². The van der Waals surface area contributed by atoms with E-state index in [9.17, 15) is 4.79 Å². The maximum absolute atomic E-state index is 13.3. The van der Waals surface area contributed by atoms with Crippen molar-refractivity contribution in [3.05, 3.63) is 65.9 Å². The molecule has 0 spiro atoms. The minimum absolute atomic E-state index is 0.110. The van der Waals surface area contributed by atoms with E-state index in [-0.39, 0.29) is 29.8 Å². The summed E-state index contributed by atoms with van der Waals surface area (Å²) in [5.74, 6) is 1.69. The fraction of sp³-hybridized carbons (Fsp3) is 0.423. The summed E-state index contributed by atoms with van der Waals surface area (Å²) < 4.78 is 23.2. The number of benzene rings is 2. The highest BCUT2D eigenvalue weighted by atomic mass is 16.5. The molecule has 2 aromatic rings. The number of rotatable bonds is 5. The molecule has 6 nitrogen and oxygen atoms in total. The minimum atomic E-state index is -0.137. The number of carbonyl (C=O) groups is 1. The van der Waals surface area contributed by atoms with E-state index in [0.29, 0.717) is 12.3 Å². The third-order valence-electron chi connectivity index (χ3n) is 6.88. The number of hydrogen-bond donors (Lipinski definition) is 0. The number of ketones is 1. The zero-order valence-corrected chi connectivity index (χ0v) is 18.5. The number of ether oxygens (including phenoxy) is 4. The van der Waals surface area contributed by atoms with Gasteiger partial charge in [0.1, 0.15) is 6.10 Å². The highest BCUT2D eigenvalue weighted by Gasteiger charge is 2.49. The van der Waals surface area contributed by atoms with Crippen LogP contribution in [0.2, 0.25) is 0 Å². The fourth-order valence-electron chi connectivity index (χ4n) is 5.27. The van der Waals surface area contributed by atoms with Crippen LogP contribution in [0.25, 0.3) is 5.57 Å². The molecule has 1 saturated carbocycles. The van der Waals surface area contributed by atoms with Gasteiger partial charge in [-0.25, -0.2) is 0 Å². The predicted octanol–water partition coefficient (Wildman–Crippen LogP) is 3.90. The van der Waals surface area contributed by atoms with Gasteiger partial charge >= 0.3 is 0 Å². The van der Waals surface area contributed by atoms with Crippen LogP contribution < -0.4 is 9.47 Å². The molecule has 1 aliphatic carbocycles. The van der Waals surface area contributed by atoms with Gasteiger partial charge in [-0.2, -0.15) is 0 Å². The van der Waals surface area contributed by atoms with E-state index >= 15 is 0 Å². The smallest absolute Gasteiger partial charge is 0.173 e. The molecule has 0 amide bonds. The summed E-state index contributed by atoms with van der Waals surface area (Å²) in [6.07, 6.45) is 3.38. The maximum atomic E-state index is 13.3. The average molecular weight is 436 g/mol. The monoisotopic (exact) mass is 435 g/mol. The van der Waals surface area contributed by atoms with Crippen LogP contribution in [-0.2, 0) is 20.8 Å². The molecular weight excluding hydrogens is 406 g/mol. The van der Waals surface area contributed by atoms with Crippen molar-refractivity contribution in [2.45, 2.75) is 31.6 Å². The molecule has 2 heterocycles. The molecule has 2 aromatic carbocycles. The highest BCUT2D eigenvalue weighted by Crippen LogP contribution is 2.42. The predicted molar refractivity (Wildman–Crippen MR) is 120 cm³/mol. The summed E-state index contributed by atoms with van der Waals surface area (Å²) in [5, 5.41) is 0. The molecule has 168 valence electrons. The zero-order valence-electron chi connectivity index (χ0n) is 18.5. The van der Waals surface area contributed by atoms with Crippen molar-refractivity contribution in [1.29, 1.82) is 0 Å². The second kappa shape index (κ2) is 8.96. The first-order valence-corrected chi connectivity index (χ1v) is 11.2. The number of allylic oxidation sites excluding steroid dienone is 1. The molecule has 4 unspecified atom stereocenters. The molecule has 0 N–H and O–H groups in total. The molecule has 32 heavy (non-hydrogen) atoms. The first-order valence-electron chi connectivity index (χ1n) is 11.2. The fourth-order valence-corrected chi connectivity index (χ4v) is 5.27. The van der Waals surface area contributed by atoms with Crippen LogP contribution in [0.15, 0.2) is 54.8 Å². The Balaban J connectivity index is 1.31. The Morgan fingerprint density at radius 1 is 1.03 bits per heavy atom. The number of Topliss-reactive ketones (excluding diaryl/α,β-unsaturated/α-hetero) is 1. The molecule has 1 saturated heterocycles. The van der Waals surface area contributed by atoms with Crippen molar-refractivity contribution in [2.24, 2.45) is 11.8 Å². The van der Waals surface area contributed by atoms with Crippen molar-refractivity contribution in [3.8, 4) is 11.5 Å². The van der Waals surface area contributed by atoms with Crippen LogP contribution in [0.3, 0.4) is 0 Å². The second-order valence-corrected chi connectivity index (χ2v) is 8.75. The van der Waals surface area contributed by atoms with Crippen LogP contribution in [0.1, 0.15) is 24.0 Å². The van der Waals surface area contributed by atoms with Crippen molar-refractivity contribution >= 4 is 11.4 Å². The molecule has 6 heteroatoms. The van der Waals surface area contributed by atoms with E-state index in [1.165, 1.54) is 0 Å². The van der Waals surface area contributed by atoms with E-state index in [1.54, 1.807) is 20.5 Å². The van der Waals surface area contributed by atoms with Gasteiger partial charge in [0.15, 0.2) is 17.3 Å². The molecule has 5 rings (SSSR count). The standard InChI is InChI=1S/C26H29NO5/c1-29-23-10-8-17(12-24(23)30-2)13-27-14-20-22(32-16-27)11-9-19-25(28)21(15-31-26(19)20)18-6-4-3-5-7-18/h3-8,10,12,15,19-20,22,26H,9,11,13-14,16H2,1-2H3. The van der Waals surface area contributed by atoms with Crippen LogP contribution in [0, 0.1) is 11.8 Å². The first kappa shape index (κ1) is 21.0. The van der Waals surface area contributed by atoms with Gasteiger partial charge in [0, 0.05) is 19.0 Å². The van der Waals surface area contributed by atoms with Gasteiger partial charge in [-0.15, -0.1) is 0 Å². The van der Waals surface area contributed by atoms with Crippen LogP contribution in [0.4, 0.5) is 0 Å². The number of carbonyl (C=O) groups excluding carboxylic acids is 1. The Morgan fingerprint density at radius 2 is 1.84 bits per heavy atom. The Labute approximate surface area is 188 Å². The van der Waals surface area contributed by atoms with E-state index in [2.05, 4.69) is 4.90 Å². The van der Waals surface area contributed by atoms with E-state index in [4.69, 9.17) is 18.9 Å². The molecule has 0 aromatic heterocycles. The summed E-state index contributed by atoms with van der Waals surface area (Å²) in [7, 11) is 3.28. The lowest BCUT2D eigenvalue weighted by Gasteiger charge is -2.48. The SMILES string of the molecule is COc1ccc(CN2COC3CCC4C(=O)C(c5ccccc5)=COC4C3C2)cc1OC. The van der Waals surface area contributed by atoms with Gasteiger partial charge in [-0.1, -0.05) is 36.4 Å². The Morgan fingerprint density at radius 3 is 2.62 bits per heavy atom. The Bertz CT molecular complexity index is 1000. The summed E-state index contributed by atoms with van der Waals surface area (Å²) in [6.45, 7) is 2.15. The normalized spacial score (nSPS) is 27.6. The molecule has 3 aliphatic rings. The van der Waals surface area contributed by atoms with Crippen molar-refractivity contribution < 1.29 is 23.7 Å². The van der Waals surface area contributed by atoms with Crippen LogP contribution >= 0.6 is 0 Å². The first-order chi connectivity index (χ1) is 15.7. The third-order valence-corrected chi connectivity index (χ3v) is 6.88. The topological polar surface area (TPSA) is 57.2 Å². The Kier molecular flexibility index (Phi) is 5.89. The minimum Gasteiger partial charge on any atom is -0.496 e. The van der Waals surface area contributed by atoms with Gasteiger partial charge in [-0.3, -0.25) is 9.69 Å². The zero-order chi connectivity index (χ0) is 22.1. The van der Waals surface area contributed by atoms with Crippen LogP contribution in [0.5, 0.6) is 11.5 Å². The van der Waals surface area contributed by atoms with Gasteiger partial charge in [-0.05, 0) is 36.1 Å². The molecular formula is C26H29NO5. The largest absolute Gasteiger partial charge is 0.496 e. The summed E-state index contributed by atoms with van der Waals surface area (Å²) in [4.78, 5) is 15.6. The third kappa shape index (κ3) is 3.89. The van der Waals surface area contributed by atoms with Gasteiger partial charge in [0.25, 0.3) is 0 Å². The number of nitrogens with zero attached hydrogens (tertiary/aromatic N) is 1. The number of hydrogen-bond acceptors (Lipinski definition) is 6. The van der Waals surface area contributed by atoms with Gasteiger partial charge in [0.05, 0.1) is 44.8 Å². The quantitative estimate of drug-likeness (QED) is 0.710. The lowest BCUT2D eigenvalue weighted by atomic mass is 9.71. The van der Waals surface area contributed by atoms with E-state index in [1.807, 2.05) is 48.5 Å². The van der Waals surface area contributed by atoms with Crippen molar-refractivity contribution in [2.75, 3.05) is 27.5 Å². The van der Waals surface area contributed by atoms with E-state index < -0.39 is 0 Å². The van der Waals surface area contributed by atoms with Crippen molar-refractivity contribution in [1.82, 2.24) is 4.90 Å². The number of fused-ring (bicyclic) bond motifs is 3. The summed E-state index contributed by atoms with van der Waals surface area (Å²) >= 11 is 0. The second-order valence-electron chi connectivity index (χ2n) is 8.75. The number of methoxy groups -OCH3 is 2. The molecule has 0 bridgehead atoms. The van der Waals surface area contributed by atoms with Gasteiger partial charge < -0.3 is 18.9 Å². The summed E-state index contributed by atoms with van der Waals surface area (Å²) in [5.41, 5.74) is 2.74. The van der Waals surface area contributed by atoms with Crippen LogP contribution in [-0.4, -0.2) is 50.4 Å². The van der Waals surface area contributed by atoms with Gasteiger partial charge in [0.2, 0.25) is 0 Å². The molecule has 0 radical (unpaired) electrons.